The van der Waals surface area contributed by atoms with Crippen LogP contribution in [0, 0.1) is 5.92 Å². The lowest BCUT2D eigenvalue weighted by Gasteiger charge is -2.38. The van der Waals surface area contributed by atoms with E-state index in [9.17, 15) is 0 Å². The summed E-state index contributed by atoms with van der Waals surface area (Å²) in [6, 6.07) is 4.37. The van der Waals surface area contributed by atoms with Crippen LogP contribution in [0.15, 0.2) is 12.1 Å². The number of nitrogen functional groups attached to an aromatic ring is 1. The molecule has 2 atom stereocenters. The summed E-state index contributed by atoms with van der Waals surface area (Å²) >= 11 is 2.02. The number of anilines is 2. The van der Waals surface area contributed by atoms with E-state index >= 15 is 0 Å². The predicted octanol–water partition coefficient (Wildman–Crippen LogP) is 3.03. The van der Waals surface area contributed by atoms with Crippen molar-refractivity contribution in [2.45, 2.75) is 39.0 Å². The Labute approximate surface area is 126 Å². The summed E-state index contributed by atoms with van der Waals surface area (Å²) in [6.07, 6.45) is 0. The largest absolute Gasteiger partial charge is 0.476 e. The first-order valence-electron chi connectivity index (χ1n) is 7.26. The first-order chi connectivity index (χ1) is 9.49. The standard InChI is InChI=1S/C15H25N3OS/c1-10(2)9-19-15-13(16)5-6-14(17-15)18-7-8-20-12(4)11(18)3/h5-6,10-12H,7-9,16H2,1-4H3. The van der Waals surface area contributed by atoms with Gasteiger partial charge in [0.15, 0.2) is 0 Å². The van der Waals surface area contributed by atoms with Gasteiger partial charge in [0.1, 0.15) is 5.82 Å². The molecule has 0 bridgehead atoms. The topological polar surface area (TPSA) is 51.4 Å². The first-order valence-corrected chi connectivity index (χ1v) is 8.31. The molecule has 0 saturated carbocycles. The maximum atomic E-state index is 5.96. The van der Waals surface area contributed by atoms with Gasteiger partial charge in [-0.15, -0.1) is 0 Å². The number of nitrogens with two attached hydrogens (primary N) is 1. The van der Waals surface area contributed by atoms with Gasteiger partial charge >= 0.3 is 0 Å². The number of nitrogens with zero attached hydrogens (tertiary/aromatic N) is 2. The summed E-state index contributed by atoms with van der Waals surface area (Å²) in [5, 5.41) is 0.614. The highest BCUT2D eigenvalue weighted by molar-refractivity contribution is 8.00. The molecule has 1 aliphatic rings. The van der Waals surface area contributed by atoms with Crippen LogP contribution in [0.5, 0.6) is 5.88 Å². The lowest BCUT2D eigenvalue weighted by Crippen LogP contribution is -2.45. The molecule has 1 aliphatic heterocycles. The third-order valence-corrected chi connectivity index (χ3v) is 4.94. The van der Waals surface area contributed by atoms with E-state index in [2.05, 4.69) is 37.6 Å². The Hall–Kier alpha value is -1.10. The first kappa shape index (κ1) is 15.3. The molecule has 2 rings (SSSR count). The molecule has 0 spiro atoms. The van der Waals surface area contributed by atoms with E-state index in [4.69, 9.17) is 10.5 Å². The number of hydrogen-bond acceptors (Lipinski definition) is 5. The maximum absolute atomic E-state index is 5.96. The SMILES string of the molecule is CC(C)COc1nc(N2CCSC(C)C2C)ccc1N. The summed E-state index contributed by atoms with van der Waals surface area (Å²) < 4.78 is 5.72. The predicted molar refractivity (Wildman–Crippen MR) is 87.7 cm³/mol. The molecular formula is C15H25N3OS. The van der Waals surface area contributed by atoms with E-state index in [1.807, 2.05) is 23.9 Å². The van der Waals surface area contributed by atoms with Crippen molar-refractivity contribution in [2.24, 2.45) is 5.92 Å². The van der Waals surface area contributed by atoms with Gasteiger partial charge in [0.2, 0.25) is 5.88 Å². The van der Waals surface area contributed by atoms with Gasteiger partial charge in [0.05, 0.1) is 12.3 Å². The number of aromatic nitrogens is 1. The molecule has 1 fully saturated rings. The second-order valence-corrected chi connectivity index (χ2v) is 7.26. The van der Waals surface area contributed by atoms with Gasteiger partial charge in [-0.3, -0.25) is 0 Å². The van der Waals surface area contributed by atoms with Crippen molar-refractivity contribution >= 4 is 23.3 Å². The Morgan fingerprint density at radius 3 is 2.90 bits per heavy atom. The molecule has 4 nitrogen and oxygen atoms in total. The third kappa shape index (κ3) is 3.51. The molecule has 1 aromatic heterocycles. The molecule has 0 aliphatic carbocycles. The van der Waals surface area contributed by atoms with Crippen LogP contribution in [-0.4, -0.2) is 35.2 Å². The smallest absolute Gasteiger partial charge is 0.239 e. The van der Waals surface area contributed by atoms with Crippen molar-refractivity contribution in [1.29, 1.82) is 0 Å². The average molecular weight is 295 g/mol. The zero-order valence-corrected chi connectivity index (χ0v) is 13.6. The number of pyridine rings is 1. The van der Waals surface area contributed by atoms with Crippen molar-refractivity contribution in [1.82, 2.24) is 4.98 Å². The van der Waals surface area contributed by atoms with E-state index < -0.39 is 0 Å². The Balaban J connectivity index is 2.17. The molecule has 0 radical (unpaired) electrons. The Kier molecular flexibility index (Phi) is 5.02. The summed E-state index contributed by atoms with van der Waals surface area (Å²) in [6.45, 7) is 10.4. The van der Waals surface area contributed by atoms with Crippen molar-refractivity contribution in [3.63, 3.8) is 0 Å². The summed E-state index contributed by atoms with van der Waals surface area (Å²) in [7, 11) is 0. The van der Waals surface area contributed by atoms with Crippen LogP contribution in [0.2, 0.25) is 0 Å². The number of ether oxygens (including phenoxy) is 1. The van der Waals surface area contributed by atoms with E-state index in [0.29, 0.717) is 35.4 Å². The highest BCUT2D eigenvalue weighted by Gasteiger charge is 2.26. The minimum atomic E-state index is 0.463. The van der Waals surface area contributed by atoms with Crippen LogP contribution >= 0.6 is 11.8 Å². The molecule has 5 heteroatoms. The second kappa shape index (κ2) is 6.57. The van der Waals surface area contributed by atoms with E-state index in [-0.39, 0.29) is 0 Å². The fourth-order valence-corrected chi connectivity index (χ4v) is 3.32. The fraction of sp³-hybridized carbons (Fsp3) is 0.667. The van der Waals surface area contributed by atoms with Gasteiger partial charge in [-0.1, -0.05) is 20.8 Å². The van der Waals surface area contributed by atoms with Crippen LogP contribution in [0.3, 0.4) is 0 Å². The summed E-state index contributed by atoms with van der Waals surface area (Å²) in [4.78, 5) is 6.97. The van der Waals surface area contributed by atoms with Crippen LogP contribution in [-0.2, 0) is 0 Å². The number of hydrogen-bond donors (Lipinski definition) is 1. The van der Waals surface area contributed by atoms with E-state index in [0.717, 1.165) is 18.1 Å². The molecule has 1 saturated heterocycles. The average Bonchev–Trinajstić information content (AvgIpc) is 2.41. The fourth-order valence-electron chi connectivity index (χ4n) is 2.22. The minimum Gasteiger partial charge on any atom is -0.476 e. The number of rotatable bonds is 4. The zero-order chi connectivity index (χ0) is 14.7. The summed E-state index contributed by atoms with van der Waals surface area (Å²) in [5.41, 5.74) is 6.57. The normalized spacial score (nSPS) is 23.1. The van der Waals surface area contributed by atoms with Crippen molar-refractivity contribution < 1.29 is 4.74 Å². The van der Waals surface area contributed by atoms with Gasteiger partial charge in [-0.25, -0.2) is 0 Å². The quantitative estimate of drug-likeness (QED) is 0.925. The molecule has 20 heavy (non-hydrogen) atoms. The molecule has 2 N–H and O–H groups in total. The van der Waals surface area contributed by atoms with Crippen LogP contribution < -0.4 is 15.4 Å². The number of thioether (sulfide) groups is 1. The maximum Gasteiger partial charge on any atom is 0.239 e. The minimum absolute atomic E-state index is 0.463. The lowest BCUT2D eigenvalue weighted by atomic mass is 10.2. The van der Waals surface area contributed by atoms with Gasteiger partial charge in [0, 0.05) is 23.6 Å². The monoisotopic (exact) mass is 295 g/mol. The third-order valence-electron chi connectivity index (χ3n) is 3.61. The molecule has 2 heterocycles. The highest BCUT2D eigenvalue weighted by atomic mass is 32.2. The van der Waals surface area contributed by atoms with Gasteiger partial charge in [-0.05, 0) is 25.0 Å². The Morgan fingerprint density at radius 1 is 1.45 bits per heavy atom. The lowest BCUT2D eigenvalue weighted by molar-refractivity contribution is 0.263. The molecule has 2 unspecified atom stereocenters. The second-order valence-electron chi connectivity index (χ2n) is 5.78. The Morgan fingerprint density at radius 2 is 2.20 bits per heavy atom. The van der Waals surface area contributed by atoms with E-state index in [1.165, 1.54) is 0 Å². The molecule has 0 aromatic carbocycles. The highest BCUT2D eigenvalue weighted by Crippen LogP contribution is 2.30. The van der Waals surface area contributed by atoms with Crippen LogP contribution in [0.1, 0.15) is 27.7 Å². The van der Waals surface area contributed by atoms with Crippen molar-refractivity contribution in [3.05, 3.63) is 12.1 Å². The summed E-state index contributed by atoms with van der Waals surface area (Å²) in [5.74, 6) is 3.14. The van der Waals surface area contributed by atoms with Crippen LogP contribution in [0.25, 0.3) is 0 Å². The van der Waals surface area contributed by atoms with Crippen LogP contribution in [0.4, 0.5) is 11.5 Å². The van der Waals surface area contributed by atoms with Gasteiger partial charge in [-0.2, -0.15) is 16.7 Å². The van der Waals surface area contributed by atoms with E-state index in [1.54, 1.807) is 0 Å². The zero-order valence-electron chi connectivity index (χ0n) is 12.8. The molecule has 0 amide bonds. The molecule has 112 valence electrons. The molecule has 1 aromatic rings. The van der Waals surface area contributed by atoms with Gasteiger partial charge < -0.3 is 15.4 Å². The molecular weight excluding hydrogens is 270 g/mol. The van der Waals surface area contributed by atoms with Crippen molar-refractivity contribution in [2.75, 3.05) is 29.5 Å². The van der Waals surface area contributed by atoms with Crippen molar-refractivity contribution in [3.8, 4) is 5.88 Å². The Bertz CT molecular complexity index is 453. The van der Waals surface area contributed by atoms with Gasteiger partial charge in [0.25, 0.3) is 0 Å².